The van der Waals surface area contributed by atoms with Crippen molar-refractivity contribution in [1.82, 2.24) is 14.9 Å². The Kier molecular flexibility index (Phi) is 5.69. The van der Waals surface area contributed by atoms with Gasteiger partial charge in [0.05, 0.1) is 17.3 Å². The predicted molar refractivity (Wildman–Crippen MR) is 121 cm³/mol. The number of hydrogen-bond donors (Lipinski definition) is 1. The van der Waals surface area contributed by atoms with Gasteiger partial charge in [0.15, 0.2) is 5.16 Å². The second kappa shape index (κ2) is 8.39. The van der Waals surface area contributed by atoms with E-state index in [1.807, 2.05) is 49.6 Å². The van der Waals surface area contributed by atoms with Crippen molar-refractivity contribution in [3.8, 4) is 0 Å². The number of carbonyl (C=O) groups excluding carboxylic acids is 1. The molecule has 4 rings (SSSR count). The Labute approximate surface area is 176 Å². The van der Waals surface area contributed by atoms with Gasteiger partial charge in [-0.1, -0.05) is 54.2 Å². The molecule has 2 aromatic carbocycles. The lowest BCUT2D eigenvalue weighted by atomic mass is 10.00. The number of fused-ring (bicyclic) bond motifs is 2. The van der Waals surface area contributed by atoms with Crippen molar-refractivity contribution in [3.63, 3.8) is 0 Å². The minimum Gasteiger partial charge on any atom is -0.349 e. The predicted octanol–water partition coefficient (Wildman–Crippen LogP) is 4.60. The van der Waals surface area contributed by atoms with Crippen LogP contribution in [0.25, 0.3) is 21.0 Å². The molecule has 0 aliphatic rings. The lowest BCUT2D eigenvalue weighted by Gasteiger charge is -2.17. The summed E-state index contributed by atoms with van der Waals surface area (Å²) in [5.74, 6) is 0.120. The van der Waals surface area contributed by atoms with E-state index in [4.69, 9.17) is 0 Å². The van der Waals surface area contributed by atoms with Gasteiger partial charge >= 0.3 is 0 Å². The normalized spacial score (nSPS) is 12.3. The van der Waals surface area contributed by atoms with Gasteiger partial charge in [0, 0.05) is 6.54 Å². The zero-order valence-corrected chi connectivity index (χ0v) is 17.8. The summed E-state index contributed by atoms with van der Waals surface area (Å²) in [5.41, 5.74) is 1.74. The van der Waals surface area contributed by atoms with Gasteiger partial charge in [-0.3, -0.25) is 14.2 Å². The van der Waals surface area contributed by atoms with Crippen LogP contribution >= 0.6 is 23.1 Å². The van der Waals surface area contributed by atoms with Crippen LogP contribution in [0.1, 0.15) is 25.5 Å². The maximum absolute atomic E-state index is 12.6. The van der Waals surface area contributed by atoms with Crippen molar-refractivity contribution in [3.05, 3.63) is 69.8 Å². The molecule has 0 saturated heterocycles. The molecule has 2 aromatic heterocycles. The van der Waals surface area contributed by atoms with Crippen molar-refractivity contribution < 1.29 is 4.79 Å². The van der Waals surface area contributed by atoms with Crippen molar-refractivity contribution in [2.75, 3.05) is 5.75 Å². The van der Waals surface area contributed by atoms with E-state index in [0.29, 0.717) is 21.9 Å². The lowest BCUT2D eigenvalue weighted by molar-refractivity contribution is -0.119. The van der Waals surface area contributed by atoms with Crippen LogP contribution < -0.4 is 10.9 Å². The van der Waals surface area contributed by atoms with Crippen LogP contribution in [0.3, 0.4) is 0 Å². The van der Waals surface area contributed by atoms with Crippen LogP contribution in [0.4, 0.5) is 0 Å². The van der Waals surface area contributed by atoms with Gasteiger partial charge in [0.2, 0.25) is 5.91 Å². The largest absolute Gasteiger partial charge is 0.349 e. The number of aromatic nitrogens is 2. The fraction of sp³-hybridized carbons (Fsp3) is 0.227. The van der Waals surface area contributed by atoms with Crippen LogP contribution in [0.5, 0.6) is 0 Å². The first-order valence-electron chi connectivity index (χ1n) is 9.46. The molecule has 1 atom stereocenters. The molecule has 0 fully saturated rings. The van der Waals surface area contributed by atoms with Gasteiger partial charge in [-0.2, -0.15) is 0 Å². The van der Waals surface area contributed by atoms with Crippen molar-refractivity contribution in [2.24, 2.45) is 0 Å². The molecule has 0 aliphatic carbocycles. The van der Waals surface area contributed by atoms with E-state index < -0.39 is 0 Å². The smallest absolute Gasteiger partial charge is 0.272 e. The first-order valence-corrected chi connectivity index (χ1v) is 11.3. The molecular formula is C22H21N3O2S2. The van der Waals surface area contributed by atoms with Gasteiger partial charge in [0.25, 0.3) is 5.56 Å². The topological polar surface area (TPSA) is 64.0 Å². The third-order valence-corrected chi connectivity index (χ3v) is 6.71. The monoisotopic (exact) mass is 423 g/mol. The summed E-state index contributed by atoms with van der Waals surface area (Å²) >= 11 is 2.70. The van der Waals surface area contributed by atoms with Crippen LogP contribution in [-0.2, 0) is 11.3 Å². The van der Waals surface area contributed by atoms with E-state index in [9.17, 15) is 9.59 Å². The van der Waals surface area contributed by atoms with Crippen molar-refractivity contribution in [1.29, 1.82) is 0 Å². The van der Waals surface area contributed by atoms with Crippen LogP contribution in [0, 0.1) is 0 Å². The average molecular weight is 424 g/mol. The molecule has 5 nitrogen and oxygen atoms in total. The van der Waals surface area contributed by atoms with Gasteiger partial charge < -0.3 is 5.32 Å². The molecule has 4 aromatic rings. The second-order valence-corrected chi connectivity index (χ2v) is 8.58. The first kappa shape index (κ1) is 19.7. The maximum Gasteiger partial charge on any atom is 0.272 e. The SMILES string of the molecule is CCn1c(SCC(=O)NC(C)c2cccc3ccccc23)nc2ccsc2c1=O. The number of carbonyl (C=O) groups is 1. The minimum atomic E-state index is -0.116. The number of thiophene rings is 1. The molecule has 0 radical (unpaired) electrons. The Morgan fingerprint density at radius 2 is 2.00 bits per heavy atom. The summed E-state index contributed by atoms with van der Waals surface area (Å²) in [5, 5.41) is 7.81. The Bertz CT molecular complexity index is 1240. The highest BCUT2D eigenvalue weighted by molar-refractivity contribution is 7.99. The molecular weight excluding hydrogens is 402 g/mol. The van der Waals surface area contributed by atoms with Gasteiger partial charge in [-0.05, 0) is 41.6 Å². The van der Waals surface area contributed by atoms with Crippen molar-refractivity contribution >= 4 is 50.0 Å². The third-order valence-electron chi connectivity index (χ3n) is 4.85. The van der Waals surface area contributed by atoms with Gasteiger partial charge in [0.1, 0.15) is 4.70 Å². The molecule has 2 heterocycles. The Hall–Kier alpha value is -2.64. The molecule has 0 saturated carbocycles. The molecule has 0 aliphatic heterocycles. The van der Waals surface area contributed by atoms with Crippen LogP contribution in [0.15, 0.2) is 63.9 Å². The Morgan fingerprint density at radius 1 is 1.21 bits per heavy atom. The lowest BCUT2D eigenvalue weighted by Crippen LogP contribution is -2.29. The molecule has 0 spiro atoms. The van der Waals surface area contributed by atoms with Crippen LogP contribution in [-0.4, -0.2) is 21.2 Å². The third kappa shape index (κ3) is 3.93. The highest BCUT2D eigenvalue weighted by Gasteiger charge is 2.15. The highest BCUT2D eigenvalue weighted by atomic mass is 32.2. The fourth-order valence-corrected chi connectivity index (χ4v) is 5.08. The van der Waals surface area contributed by atoms with Gasteiger partial charge in [-0.15, -0.1) is 11.3 Å². The maximum atomic E-state index is 12.6. The van der Waals surface area contributed by atoms with E-state index in [0.717, 1.165) is 16.3 Å². The number of nitrogens with zero attached hydrogens (tertiary/aromatic N) is 2. The molecule has 0 bridgehead atoms. The number of benzene rings is 2. The zero-order valence-electron chi connectivity index (χ0n) is 16.2. The summed E-state index contributed by atoms with van der Waals surface area (Å²) in [6, 6.07) is 16.0. The Balaban J connectivity index is 1.49. The summed E-state index contributed by atoms with van der Waals surface area (Å²) in [6.07, 6.45) is 0. The number of amides is 1. The number of hydrogen-bond acceptors (Lipinski definition) is 5. The van der Waals surface area contributed by atoms with Crippen molar-refractivity contribution in [2.45, 2.75) is 31.6 Å². The van der Waals surface area contributed by atoms with E-state index in [1.165, 1.54) is 23.1 Å². The Morgan fingerprint density at radius 3 is 2.83 bits per heavy atom. The minimum absolute atomic E-state index is 0.0421. The van der Waals surface area contributed by atoms with Gasteiger partial charge in [-0.25, -0.2) is 4.98 Å². The number of thioether (sulfide) groups is 1. The van der Waals surface area contributed by atoms with E-state index in [-0.39, 0.29) is 23.3 Å². The highest BCUT2D eigenvalue weighted by Crippen LogP contribution is 2.25. The molecule has 29 heavy (non-hydrogen) atoms. The zero-order chi connectivity index (χ0) is 20.4. The first-order chi connectivity index (χ1) is 14.1. The van der Waals surface area contributed by atoms with E-state index in [2.05, 4.69) is 28.5 Å². The standard InChI is InChI=1S/C22H21N3O2S2/c1-3-25-21(27)20-18(11-12-28-20)24-22(25)29-13-19(26)23-14(2)16-10-6-8-15-7-4-5-9-17(15)16/h4-12,14H,3,13H2,1-2H3,(H,23,26). The molecule has 7 heteroatoms. The average Bonchev–Trinajstić information content (AvgIpc) is 3.21. The quantitative estimate of drug-likeness (QED) is 0.364. The summed E-state index contributed by atoms with van der Waals surface area (Å²) in [6.45, 7) is 4.42. The fourth-order valence-electron chi connectivity index (χ4n) is 3.43. The summed E-state index contributed by atoms with van der Waals surface area (Å²) in [4.78, 5) is 29.8. The number of rotatable bonds is 6. The van der Waals surface area contributed by atoms with Crippen LogP contribution in [0.2, 0.25) is 0 Å². The summed E-state index contributed by atoms with van der Waals surface area (Å²) < 4.78 is 2.29. The molecule has 1 amide bonds. The second-order valence-electron chi connectivity index (χ2n) is 6.73. The number of nitrogens with one attached hydrogen (secondary N) is 1. The summed E-state index contributed by atoms with van der Waals surface area (Å²) in [7, 11) is 0. The molecule has 1 unspecified atom stereocenters. The van der Waals surface area contributed by atoms with E-state index in [1.54, 1.807) is 4.57 Å². The molecule has 148 valence electrons. The van der Waals surface area contributed by atoms with E-state index >= 15 is 0 Å². The molecule has 1 N–H and O–H groups in total.